The summed E-state index contributed by atoms with van der Waals surface area (Å²) in [5.41, 5.74) is 2.45. The molecule has 2 aliphatic rings. The number of aromatic hydroxyl groups is 1. The van der Waals surface area contributed by atoms with Gasteiger partial charge in [-0.15, -0.1) is 0 Å². The molecule has 17 heavy (non-hydrogen) atoms. The van der Waals surface area contributed by atoms with Crippen LogP contribution < -0.4 is 0 Å². The third-order valence-corrected chi connectivity index (χ3v) is 3.35. The van der Waals surface area contributed by atoms with Gasteiger partial charge in [0.25, 0.3) is 0 Å². The van der Waals surface area contributed by atoms with Crippen molar-refractivity contribution in [2.75, 3.05) is 0 Å². The van der Waals surface area contributed by atoms with Crippen LogP contribution in [0.5, 0.6) is 5.75 Å². The fraction of sp³-hybridized carbons (Fsp3) is 0.214. The smallest absolute Gasteiger partial charge is 0.200 e. The lowest BCUT2D eigenvalue weighted by Gasteiger charge is -2.24. The molecule has 3 heteroatoms. The van der Waals surface area contributed by atoms with Crippen molar-refractivity contribution >= 4 is 5.78 Å². The number of ketones is 1. The summed E-state index contributed by atoms with van der Waals surface area (Å²) in [6.45, 7) is 0. The topological polar surface area (TPSA) is 57.5 Å². The zero-order valence-electron chi connectivity index (χ0n) is 9.23. The van der Waals surface area contributed by atoms with Crippen LogP contribution in [0.15, 0.2) is 41.2 Å². The Labute approximate surface area is 98.7 Å². The summed E-state index contributed by atoms with van der Waals surface area (Å²) < 4.78 is 0. The summed E-state index contributed by atoms with van der Waals surface area (Å²) >= 11 is 0. The molecule has 2 N–H and O–H groups in total. The number of hydrogen-bond donors (Lipinski definition) is 2. The van der Waals surface area contributed by atoms with Gasteiger partial charge < -0.3 is 10.2 Å². The Hall–Kier alpha value is -2.03. The van der Waals surface area contributed by atoms with E-state index in [2.05, 4.69) is 0 Å². The molecule has 0 saturated carbocycles. The van der Waals surface area contributed by atoms with Crippen molar-refractivity contribution in [1.82, 2.24) is 0 Å². The van der Waals surface area contributed by atoms with Crippen LogP contribution in [0.3, 0.4) is 0 Å². The van der Waals surface area contributed by atoms with Gasteiger partial charge in [-0.3, -0.25) is 4.79 Å². The lowest BCUT2D eigenvalue weighted by Crippen LogP contribution is -2.20. The third-order valence-electron chi connectivity index (χ3n) is 3.35. The number of allylic oxidation sites excluding steroid dienone is 4. The average molecular weight is 228 g/mol. The number of benzene rings is 1. The maximum Gasteiger partial charge on any atom is 0.200 e. The van der Waals surface area contributed by atoms with E-state index in [0.717, 1.165) is 17.6 Å². The summed E-state index contributed by atoms with van der Waals surface area (Å²) in [4.78, 5) is 12.3. The van der Waals surface area contributed by atoms with Crippen LogP contribution in [0.1, 0.15) is 28.8 Å². The van der Waals surface area contributed by atoms with E-state index in [1.165, 1.54) is 6.07 Å². The summed E-state index contributed by atoms with van der Waals surface area (Å²) in [5.74, 6) is -0.105. The van der Waals surface area contributed by atoms with Crippen LogP contribution in [0.4, 0.5) is 0 Å². The minimum atomic E-state index is -0.257. The molecule has 86 valence electrons. The first-order valence-electron chi connectivity index (χ1n) is 5.65. The molecule has 0 heterocycles. The molecule has 0 amide bonds. The molecule has 3 nitrogen and oxygen atoms in total. The predicted molar refractivity (Wildman–Crippen MR) is 63.1 cm³/mol. The Morgan fingerprint density at radius 1 is 1.18 bits per heavy atom. The molecule has 0 radical (unpaired) electrons. The number of hydrogen-bond acceptors (Lipinski definition) is 3. The molecule has 0 aromatic heterocycles. The van der Waals surface area contributed by atoms with Crippen molar-refractivity contribution in [1.29, 1.82) is 0 Å². The number of aliphatic hydroxyl groups is 1. The molecule has 2 aliphatic carbocycles. The first kappa shape index (κ1) is 10.1. The summed E-state index contributed by atoms with van der Waals surface area (Å²) in [5, 5.41) is 19.6. The van der Waals surface area contributed by atoms with Gasteiger partial charge >= 0.3 is 0 Å². The second kappa shape index (κ2) is 3.48. The van der Waals surface area contributed by atoms with E-state index in [4.69, 9.17) is 0 Å². The molecule has 0 aliphatic heterocycles. The number of rotatable bonds is 0. The summed E-state index contributed by atoms with van der Waals surface area (Å²) in [6, 6.07) is 5.08. The molecule has 0 spiro atoms. The largest absolute Gasteiger partial charge is 0.512 e. The van der Waals surface area contributed by atoms with Crippen LogP contribution in [0, 0.1) is 0 Å². The first-order valence-corrected chi connectivity index (χ1v) is 5.65. The van der Waals surface area contributed by atoms with Crippen LogP contribution >= 0.6 is 0 Å². The van der Waals surface area contributed by atoms with Crippen LogP contribution in [0.25, 0.3) is 0 Å². The highest BCUT2D eigenvalue weighted by Crippen LogP contribution is 2.38. The van der Waals surface area contributed by atoms with Crippen LogP contribution in [-0.4, -0.2) is 16.0 Å². The van der Waals surface area contributed by atoms with Gasteiger partial charge in [-0.25, -0.2) is 0 Å². The van der Waals surface area contributed by atoms with Gasteiger partial charge in [0, 0.05) is 6.42 Å². The van der Waals surface area contributed by atoms with Gasteiger partial charge in [0.15, 0.2) is 0 Å². The molecule has 1 aromatic rings. The number of carbonyl (C=O) groups is 1. The van der Waals surface area contributed by atoms with Crippen LogP contribution in [-0.2, 0) is 6.42 Å². The fourth-order valence-electron chi connectivity index (χ4n) is 2.56. The van der Waals surface area contributed by atoms with Crippen molar-refractivity contribution in [2.45, 2.75) is 19.3 Å². The van der Waals surface area contributed by atoms with Gasteiger partial charge in [0.05, 0.1) is 11.1 Å². The lowest BCUT2D eigenvalue weighted by molar-refractivity contribution is 0.102. The third kappa shape index (κ3) is 1.39. The Morgan fingerprint density at radius 3 is 2.82 bits per heavy atom. The van der Waals surface area contributed by atoms with E-state index < -0.39 is 0 Å². The zero-order valence-corrected chi connectivity index (χ0v) is 9.23. The Kier molecular flexibility index (Phi) is 2.08. The maximum atomic E-state index is 12.3. The van der Waals surface area contributed by atoms with E-state index in [9.17, 15) is 15.0 Å². The predicted octanol–water partition coefficient (Wildman–Crippen LogP) is 2.66. The summed E-state index contributed by atoms with van der Waals surface area (Å²) in [6.07, 6.45) is 3.88. The van der Waals surface area contributed by atoms with Gasteiger partial charge in [-0.2, -0.15) is 0 Å². The Morgan fingerprint density at radius 2 is 2.00 bits per heavy atom. The van der Waals surface area contributed by atoms with Crippen molar-refractivity contribution in [2.24, 2.45) is 0 Å². The van der Waals surface area contributed by atoms with Crippen molar-refractivity contribution in [3.8, 4) is 5.75 Å². The minimum absolute atomic E-state index is 0.00239. The van der Waals surface area contributed by atoms with E-state index in [0.29, 0.717) is 24.0 Å². The highest BCUT2D eigenvalue weighted by atomic mass is 16.3. The van der Waals surface area contributed by atoms with Gasteiger partial charge in [-0.1, -0.05) is 18.2 Å². The highest BCUT2D eigenvalue weighted by molar-refractivity contribution is 6.16. The second-order valence-corrected chi connectivity index (χ2v) is 4.41. The lowest BCUT2D eigenvalue weighted by atomic mass is 9.79. The van der Waals surface area contributed by atoms with E-state index in [-0.39, 0.29) is 17.3 Å². The number of phenolic OH excluding ortho intramolecular Hbond substituents is 1. The molecule has 0 saturated heterocycles. The summed E-state index contributed by atoms with van der Waals surface area (Å²) in [7, 11) is 0. The van der Waals surface area contributed by atoms with Crippen LogP contribution in [0.2, 0.25) is 0 Å². The van der Waals surface area contributed by atoms with Gasteiger partial charge in [0.2, 0.25) is 5.78 Å². The maximum absolute atomic E-state index is 12.3. The molecular weight excluding hydrogens is 216 g/mol. The number of aliphatic hydroxyl groups excluding tert-OH is 1. The van der Waals surface area contributed by atoms with Gasteiger partial charge in [0.1, 0.15) is 11.5 Å². The van der Waals surface area contributed by atoms with Crippen molar-refractivity contribution < 1.29 is 15.0 Å². The highest BCUT2D eigenvalue weighted by Gasteiger charge is 2.31. The van der Waals surface area contributed by atoms with E-state index in [1.807, 2.05) is 12.1 Å². The molecule has 3 rings (SSSR count). The molecule has 0 atom stereocenters. The SMILES string of the molecule is O=C1C2=C(O)CCC=C2Cc2cccc(O)c21. The zero-order chi connectivity index (χ0) is 12.0. The fourth-order valence-corrected chi connectivity index (χ4v) is 2.56. The normalized spacial score (nSPS) is 18.6. The standard InChI is InChI=1S/C14H12O3/c15-10-5-1-3-8-7-9-4-2-6-11(16)13(9)14(17)12(8)10/h1,3-5,15-16H,2,6-7H2. The molecule has 0 bridgehead atoms. The molecular formula is C14H12O3. The van der Waals surface area contributed by atoms with Gasteiger partial charge in [-0.05, 0) is 30.0 Å². The van der Waals surface area contributed by atoms with Crippen molar-refractivity contribution in [3.05, 3.63) is 52.3 Å². The monoisotopic (exact) mass is 228 g/mol. The minimum Gasteiger partial charge on any atom is -0.512 e. The molecule has 0 fully saturated rings. The average Bonchev–Trinajstić information content (AvgIpc) is 2.28. The number of fused-ring (bicyclic) bond motifs is 2. The van der Waals surface area contributed by atoms with E-state index >= 15 is 0 Å². The Bertz CT molecular complexity index is 579. The van der Waals surface area contributed by atoms with E-state index in [1.54, 1.807) is 6.07 Å². The number of Topliss-reactive ketones (excluding diaryl/α,β-unsaturated/α-hetero) is 1. The van der Waals surface area contributed by atoms with Crippen molar-refractivity contribution in [3.63, 3.8) is 0 Å². The quantitative estimate of drug-likeness (QED) is 0.717. The second-order valence-electron chi connectivity index (χ2n) is 4.41. The first-order chi connectivity index (χ1) is 8.18. The number of carbonyl (C=O) groups excluding carboxylic acids is 1. The molecule has 0 unspecified atom stereocenters. The number of phenols is 1. The molecule has 1 aromatic carbocycles. The Balaban J connectivity index is 2.26.